The minimum absolute atomic E-state index is 0.0704. The van der Waals surface area contributed by atoms with Crippen LogP contribution in [0.15, 0.2) is 34.9 Å². The number of aryl methyl sites for hydroxylation is 2. The van der Waals surface area contributed by atoms with E-state index < -0.39 is 48.4 Å². The average Bonchev–Trinajstić information content (AvgIpc) is 3.46. The number of carbonyl (C=O) groups excluding carboxylic acids is 1. The van der Waals surface area contributed by atoms with Gasteiger partial charge < -0.3 is 9.32 Å². The zero-order chi connectivity index (χ0) is 31.1. The third-order valence-corrected chi connectivity index (χ3v) is 6.30. The van der Waals surface area contributed by atoms with E-state index in [0.29, 0.717) is 5.69 Å². The predicted octanol–water partition coefficient (Wildman–Crippen LogP) is 4.85. The van der Waals surface area contributed by atoms with Gasteiger partial charge in [0.1, 0.15) is 23.2 Å². The molecule has 0 bridgehead atoms. The second-order valence-electron chi connectivity index (χ2n) is 8.97. The van der Waals surface area contributed by atoms with Gasteiger partial charge in [-0.3, -0.25) is 4.79 Å². The third-order valence-electron chi connectivity index (χ3n) is 6.30. The maximum Gasteiger partial charge on any atom is 0.451 e. The van der Waals surface area contributed by atoms with Crippen LogP contribution < -0.4 is 0 Å². The Hall–Kier alpha value is -4.36. The van der Waals surface area contributed by atoms with Crippen LogP contribution in [-0.4, -0.2) is 54.0 Å². The van der Waals surface area contributed by atoms with Crippen molar-refractivity contribution in [3.63, 3.8) is 0 Å². The third kappa shape index (κ3) is 5.51. The van der Waals surface area contributed by atoms with Gasteiger partial charge in [-0.25, -0.2) is 28.7 Å². The van der Waals surface area contributed by atoms with Crippen LogP contribution in [0.5, 0.6) is 0 Å². The van der Waals surface area contributed by atoms with E-state index in [1.165, 1.54) is 4.90 Å². The maximum atomic E-state index is 14.2. The van der Waals surface area contributed by atoms with E-state index in [4.69, 9.17) is 8.53 Å². The molecular formula is C26H22F5N7O2. The molecule has 5 rings (SSSR count). The molecule has 40 heavy (non-hydrogen) atoms. The number of halogens is 5. The Morgan fingerprint density at radius 2 is 1.80 bits per heavy atom. The first-order valence-electron chi connectivity index (χ1n) is 13.7. The Morgan fingerprint density at radius 3 is 2.48 bits per heavy atom. The van der Waals surface area contributed by atoms with Crippen molar-refractivity contribution in [1.29, 1.82) is 0 Å². The van der Waals surface area contributed by atoms with Crippen LogP contribution in [0, 0.1) is 25.4 Å². The van der Waals surface area contributed by atoms with Crippen LogP contribution >= 0.6 is 0 Å². The summed E-state index contributed by atoms with van der Waals surface area (Å²) >= 11 is 0. The number of alkyl halides is 3. The summed E-state index contributed by atoms with van der Waals surface area (Å²) in [6, 6.07) is 4.25. The van der Waals surface area contributed by atoms with Crippen LogP contribution in [0.4, 0.5) is 22.0 Å². The van der Waals surface area contributed by atoms with E-state index in [0.717, 1.165) is 30.5 Å². The van der Waals surface area contributed by atoms with E-state index in [-0.39, 0.29) is 66.4 Å². The van der Waals surface area contributed by atoms with Crippen molar-refractivity contribution < 1.29 is 35.3 Å². The predicted molar refractivity (Wildman–Crippen MR) is 129 cm³/mol. The average molecular weight is 563 g/mol. The van der Waals surface area contributed by atoms with Crippen LogP contribution in [0.1, 0.15) is 51.5 Å². The van der Waals surface area contributed by atoms with Gasteiger partial charge in [0, 0.05) is 34.9 Å². The fourth-order valence-electron chi connectivity index (χ4n) is 4.41. The van der Waals surface area contributed by atoms with Crippen molar-refractivity contribution in [1.82, 2.24) is 35.0 Å². The summed E-state index contributed by atoms with van der Waals surface area (Å²) in [4.78, 5) is 29.6. The van der Waals surface area contributed by atoms with Crippen LogP contribution in [-0.2, 0) is 17.4 Å². The second-order valence-corrected chi connectivity index (χ2v) is 8.97. The molecule has 0 saturated carbocycles. The smallest absolute Gasteiger partial charge is 0.414 e. The van der Waals surface area contributed by atoms with Crippen molar-refractivity contribution in [2.75, 3.05) is 13.1 Å². The maximum absolute atomic E-state index is 14.2. The number of nitrogens with zero attached hydrogens (tertiary/aromatic N) is 7. The monoisotopic (exact) mass is 562 g/mol. The SMILES string of the molecule is [2H]C([2H])c1nc(C)nc(C2CCN(C(=O)C([2H])c3c(F)cccc3F)CC2)c1-c1nnc(-c2ccnc(C(F)(F)F)n2)o1. The minimum atomic E-state index is -4.81. The molecule has 3 aromatic heterocycles. The molecule has 1 saturated heterocycles. The van der Waals surface area contributed by atoms with E-state index in [9.17, 15) is 26.7 Å². The molecule has 1 aromatic carbocycles. The summed E-state index contributed by atoms with van der Waals surface area (Å²) in [6.07, 6.45) is -5.16. The topological polar surface area (TPSA) is 111 Å². The number of rotatable bonds is 5. The minimum Gasteiger partial charge on any atom is -0.414 e. The number of piperidine rings is 1. The van der Waals surface area contributed by atoms with E-state index in [1.807, 2.05) is 0 Å². The largest absolute Gasteiger partial charge is 0.451 e. The van der Waals surface area contributed by atoms with E-state index in [1.54, 1.807) is 6.92 Å². The number of carbonyl (C=O) groups is 1. The second kappa shape index (κ2) is 10.7. The fourth-order valence-corrected chi connectivity index (χ4v) is 4.41. The first-order chi connectivity index (χ1) is 20.3. The first-order valence-corrected chi connectivity index (χ1v) is 12.0. The quantitative estimate of drug-likeness (QED) is 0.318. The highest BCUT2D eigenvalue weighted by molar-refractivity contribution is 5.79. The highest BCUT2D eigenvalue weighted by Gasteiger charge is 2.35. The molecule has 0 aliphatic carbocycles. The van der Waals surface area contributed by atoms with E-state index >= 15 is 0 Å². The molecule has 0 spiro atoms. The van der Waals surface area contributed by atoms with Gasteiger partial charge in [0.15, 0.2) is 0 Å². The van der Waals surface area contributed by atoms with Gasteiger partial charge in [-0.2, -0.15) is 13.2 Å². The number of benzene rings is 1. The zero-order valence-corrected chi connectivity index (χ0v) is 20.8. The Kier molecular flexibility index (Phi) is 6.27. The van der Waals surface area contributed by atoms with Crippen molar-refractivity contribution in [3.05, 3.63) is 70.7 Å². The highest BCUT2D eigenvalue weighted by Crippen LogP contribution is 2.36. The summed E-state index contributed by atoms with van der Waals surface area (Å²) in [7, 11) is 0. The van der Waals surface area contributed by atoms with Gasteiger partial charge >= 0.3 is 6.18 Å². The summed E-state index contributed by atoms with van der Waals surface area (Å²) in [6.45, 7) is 0.148. The Balaban J connectivity index is 1.43. The number of aromatic nitrogens is 6. The normalized spacial score (nSPS) is 16.5. The van der Waals surface area contributed by atoms with Gasteiger partial charge in [-0.15, -0.1) is 10.2 Å². The molecule has 9 nitrogen and oxygen atoms in total. The summed E-state index contributed by atoms with van der Waals surface area (Å²) in [5.74, 6) is -4.92. The van der Waals surface area contributed by atoms with Crippen molar-refractivity contribution in [3.8, 4) is 23.0 Å². The molecule has 1 amide bonds. The molecular weight excluding hydrogens is 537 g/mol. The van der Waals surface area contributed by atoms with Crippen molar-refractivity contribution in [2.24, 2.45) is 0 Å². The molecule has 4 heterocycles. The summed E-state index contributed by atoms with van der Waals surface area (Å²) < 4.78 is 97.7. The summed E-state index contributed by atoms with van der Waals surface area (Å²) in [5, 5.41) is 7.74. The molecule has 0 N–H and O–H groups in total. The van der Waals surface area contributed by atoms with Gasteiger partial charge in [-0.1, -0.05) is 6.07 Å². The van der Waals surface area contributed by atoms with Gasteiger partial charge in [0.05, 0.1) is 23.3 Å². The molecule has 1 atom stereocenters. The number of hydrogen-bond acceptors (Lipinski definition) is 8. The molecule has 4 aromatic rings. The molecule has 14 heteroatoms. The Morgan fingerprint density at radius 1 is 1.10 bits per heavy atom. The molecule has 1 aliphatic heterocycles. The molecule has 1 fully saturated rings. The first kappa shape index (κ1) is 23.5. The van der Waals surface area contributed by atoms with Crippen molar-refractivity contribution in [2.45, 2.75) is 45.1 Å². The van der Waals surface area contributed by atoms with Gasteiger partial charge in [0.25, 0.3) is 11.8 Å². The summed E-state index contributed by atoms with van der Waals surface area (Å²) in [5.41, 5.74) is -0.607. The lowest BCUT2D eigenvalue weighted by Crippen LogP contribution is -2.39. The number of likely N-dealkylation sites (tertiary alicyclic amines) is 1. The van der Waals surface area contributed by atoms with Gasteiger partial charge in [-0.05, 0) is 44.8 Å². The molecule has 208 valence electrons. The molecule has 0 radical (unpaired) electrons. The number of amides is 1. The standard InChI is InChI=1S/C26H22F5N7O2/c1-13-21(24-37-36-23(40-24)19-6-9-32-25(35-19)26(29,30)31)22(34-14(2)33-13)15-7-10-38(11-8-15)20(39)12-16-17(27)4-3-5-18(16)28/h3-6,9,15H,7-8,10-12H2,1-2H3/i1D2,12D. The zero-order valence-electron chi connectivity index (χ0n) is 23.8. The Labute approximate surface area is 228 Å². The van der Waals surface area contributed by atoms with Crippen LogP contribution in [0.25, 0.3) is 23.0 Å². The highest BCUT2D eigenvalue weighted by atomic mass is 19.4. The van der Waals surface area contributed by atoms with Crippen LogP contribution in [0.3, 0.4) is 0 Å². The Bertz CT molecular complexity index is 1640. The van der Waals surface area contributed by atoms with Crippen LogP contribution in [0.2, 0.25) is 0 Å². The lowest BCUT2D eigenvalue weighted by molar-refractivity contribution is -0.144. The van der Waals surface area contributed by atoms with Gasteiger partial charge in [0.2, 0.25) is 11.7 Å². The van der Waals surface area contributed by atoms with Crippen molar-refractivity contribution >= 4 is 5.91 Å². The molecule has 1 unspecified atom stereocenters. The van der Waals surface area contributed by atoms with E-state index in [2.05, 4.69) is 30.1 Å². The lowest BCUT2D eigenvalue weighted by atomic mass is 9.89. The lowest BCUT2D eigenvalue weighted by Gasteiger charge is -2.32. The number of hydrogen-bond donors (Lipinski definition) is 0. The molecule has 1 aliphatic rings. The fraction of sp³-hybridized carbons (Fsp3) is 0.346.